The van der Waals surface area contributed by atoms with Crippen molar-refractivity contribution in [3.63, 3.8) is 0 Å². The third-order valence-corrected chi connectivity index (χ3v) is 4.57. The van der Waals surface area contributed by atoms with Crippen LogP contribution >= 0.6 is 0 Å². The molecule has 3 heterocycles. The Morgan fingerprint density at radius 1 is 1.24 bits per heavy atom. The average molecular weight is 288 g/mol. The SMILES string of the molecule is CN1C(=O)CCC[C@@H]2[C@H]1CCCN2C(=O)c1cnccn1. The Morgan fingerprint density at radius 2 is 2.05 bits per heavy atom. The molecule has 0 aromatic carbocycles. The van der Waals surface area contributed by atoms with Crippen molar-refractivity contribution < 1.29 is 9.59 Å². The number of nitrogens with zero attached hydrogens (tertiary/aromatic N) is 4. The summed E-state index contributed by atoms with van der Waals surface area (Å²) in [6, 6.07) is 0.235. The van der Waals surface area contributed by atoms with Crippen molar-refractivity contribution in [3.8, 4) is 0 Å². The molecular formula is C15H20N4O2. The predicted molar refractivity (Wildman–Crippen MR) is 76.5 cm³/mol. The second kappa shape index (κ2) is 5.79. The number of likely N-dealkylation sites (tertiary alicyclic amines) is 2. The number of carbonyl (C=O) groups excluding carboxylic acids is 2. The second-order valence-electron chi connectivity index (χ2n) is 5.76. The first kappa shape index (κ1) is 14.0. The van der Waals surface area contributed by atoms with Crippen LogP contribution in [0.4, 0.5) is 0 Å². The molecule has 0 saturated carbocycles. The zero-order chi connectivity index (χ0) is 14.8. The molecule has 0 unspecified atom stereocenters. The molecule has 2 amide bonds. The Hall–Kier alpha value is -1.98. The van der Waals surface area contributed by atoms with E-state index in [9.17, 15) is 9.59 Å². The molecule has 21 heavy (non-hydrogen) atoms. The lowest BCUT2D eigenvalue weighted by Crippen LogP contribution is -2.56. The molecule has 1 aromatic rings. The zero-order valence-corrected chi connectivity index (χ0v) is 12.2. The fraction of sp³-hybridized carbons (Fsp3) is 0.600. The molecular weight excluding hydrogens is 268 g/mol. The second-order valence-corrected chi connectivity index (χ2v) is 5.76. The van der Waals surface area contributed by atoms with Gasteiger partial charge in [-0.3, -0.25) is 14.6 Å². The maximum Gasteiger partial charge on any atom is 0.274 e. The largest absolute Gasteiger partial charge is 0.341 e. The molecule has 2 atom stereocenters. The summed E-state index contributed by atoms with van der Waals surface area (Å²) in [7, 11) is 1.86. The van der Waals surface area contributed by atoms with Crippen LogP contribution in [0.15, 0.2) is 18.6 Å². The van der Waals surface area contributed by atoms with Crippen molar-refractivity contribution in [2.24, 2.45) is 0 Å². The standard InChI is InChI=1S/C15H20N4O2/c1-18-12-5-3-9-19(13(12)4-2-6-14(18)20)15(21)11-10-16-7-8-17-11/h7-8,10,12-13H,2-6,9H2,1H3/t12-,13-/m1/s1. The smallest absolute Gasteiger partial charge is 0.274 e. The van der Waals surface area contributed by atoms with Gasteiger partial charge in [0.15, 0.2) is 0 Å². The Kier molecular flexibility index (Phi) is 3.86. The minimum absolute atomic E-state index is 0.0689. The van der Waals surface area contributed by atoms with E-state index in [1.807, 2.05) is 16.8 Å². The third-order valence-electron chi connectivity index (χ3n) is 4.57. The van der Waals surface area contributed by atoms with Crippen molar-refractivity contribution in [2.75, 3.05) is 13.6 Å². The monoisotopic (exact) mass is 288 g/mol. The number of hydrogen-bond acceptors (Lipinski definition) is 4. The van der Waals surface area contributed by atoms with E-state index in [0.29, 0.717) is 12.1 Å². The topological polar surface area (TPSA) is 66.4 Å². The summed E-state index contributed by atoms with van der Waals surface area (Å²) >= 11 is 0. The van der Waals surface area contributed by atoms with Crippen LogP contribution in [-0.2, 0) is 4.79 Å². The van der Waals surface area contributed by atoms with Crippen LogP contribution in [0.25, 0.3) is 0 Å². The lowest BCUT2D eigenvalue weighted by Gasteiger charge is -2.43. The average Bonchev–Trinajstić information content (AvgIpc) is 2.67. The maximum atomic E-state index is 12.7. The van der Waals surface area contributed by atoms with Gasteiger partial charge in [-0.15, -0.1) is 0 Å². The van der Waals surface area contributed by atoms with Crippen molar-refractivity contribution in [3.05, 3.63) is 24.3 Å². The summed E-state index contributed by atoms with van der Waals surface area (Å²) in [6.07, 6.45) is 8.81. The van der Waals surface area contributed by atoms with E-state index in [-0.39, 0.29) is 23.9 Å². The number of piperidine rings is 1. The van der Waals surface area contributed by atoms with E-state index in [2.05, 4.69) is 9.97 Å². The van der Waals surface area contributed by atoms with Crippen LogP contribution in [0.2, 0.25) is 0 Å². The molecule has 2 fully saturated rings. The number of rotatable bonds is 1. The van der Waals surface area contributed by atoms with Crippen molar-refractivity contribution in [1.29, 1.82) is 0 Å². The quantitative estimate of drug-likeness (QED) is 0.776. The Morgan fingerprint density at radius 3 is 2.81 bits per heavy atom. The summed E-state index contributed by atoms with van der Waals surface area (Å²) in [5.41, 5.74) is 0.386. The molecule has 6 nitrogen and oxygen atoms in total. The zero-order valence-electron chi connectivity index (χ0n) is 12.2. The molecule has 2 aliphatic heterocycles. The number of hydrogen-bond donors (Lipinski definition) is 0. The van der Waals surface area contributed by atoms with Crippen LogP contribution in [0.5, 0.6) is 0 Å². The molecule has 0 spiro atoms. The molecule has 1 aromatic heterocycles. The number of likely N-dealkylation sites (N-methyl/N-ethyl adjacent to an activating group) is 1. The van der Waals surface area contributed by atoms with Gasteiger partial charge in [-0.05, 0) is 25.7 Å². The van der Waals surface area contributed by atoms with Gasteiger partial charge in [-0.25, -0.2) is 4.98 Å². The summed E-state index contributed by atoms with van der Waals surface area (Å²) in [6.45, 7) is 0.735. The molecule has 0 bridgehead atoms. The lowest BCUT2D eigenvalue weighted by atomic mass is 9.92. The van der Waals surface area contributed by atoms with Gasteiger partial charge in [0.1, 0.15) is 5.69 Å². The molecule has 0 N–H and O–H groups in total. The fourth-order valence-corrected chi connectivity index (χ4v) is 3.47. The molecule has 2 aliphatic rings. The highest BCUT2D eigenvalue weighted by Gasteiger charge is 2.39. The van der Waals surface area contributed by atoms with Crippen LogP contribution in [0, 0.1) is 0 Å². The van der Waals surface area contributed by atoms with E-state index >= 15 is 0 Å². The minimum atomic E-state index is -0.0689. The van der Waals surface area contributed by atoms with Gasteiger partial charge in [0.25, 0.3) is 5.91 Å². The van der Waals surface area contributed by atoms with Crippen molar-refractivity contribution in [1.82, 2.24) is 19.8 Å². The van der Waals surface area contributed by atoms with Gasteiger partial charge in [0.2, 0.25) is 5.91 Å². The first-order valence-electron chi connectivity index (χ1n) is 7.51. The lowest BCUT2D eigenvalue weighted by molar-refractivity contribution is -0.132. The van der Waals surface area contributed by atoms with Crippen LogP contribution in [-0.4, -0.2) is 57.3 Å². The van der Waals surface area contributed by atoms with Gasteiger partial charge in [0, 0.05) is 32.4 Å². The fourth-order valence-electron chi connectivity index (χ4n) is 3.47. The van der Waals surface area contributed by atoms with Gasteiger partial charge in [-0.1, -0.05) is 0 Å². The molecule has 0 aliphatic carbocycles. The van der Waals surface area contributed by atoms with Gasteiger partial charge >= 0.3 is 0 Å². The predicted octanol–water partition coefficient (Wildman–Crippen LogP) is 1.09. The Labute approximate surface area is 124 Å². The molecule has 6 heteroatoms. The number of fused-ring (bicyclic) bond motifs is 1. The highest BCUT2D eigenvalue weighted by molar-refractivity contribution is 5.92. The highest BCUT2D eigenvalue weighted by atomic mass is 16.2. The van der Waals surface area contributed by atoms with Crippen molar-refractivity contribution in [2.45, 2.75) is 44.2 Å². The summed E-state index contributed by atoms with van der Waals surface area (Å²) in [4.78, 5) is 36.5. The Balaban J connectivity index is 1.85. The van der Waals surface area contributed by atoms with Crippen molar-refractivity contribution >= 4 is 11.8 Å². The van der Waals surface area contributed by atoms with Crippen LogP contribution < -0.4 is 0 Å². The normalized spacial score (nSPS) is 26.2. The van der Waals surface area contributed by atoms with E-state index < -0.39 is 0 Å². The summed E-state index contributed by atoms with van der Waals surface area (Å²) < 4.78 is 0. The van der Waals surface area contributed by atoms with E-state index in [1.165, 1.54) is 12.4 Å². The molecule has 0 radical (unpaired) electrons. The first-order valence-corrected chi connectivity index (χ1v) is 7.51. The van der Waals surface area contributed by atoms with E-state index in [4.69, 9.17) is 0 Å². The maximum absolute atomic E-state index is 12.7. The third kappa shape index (κ3) is 2.62. The number of aromatic nitrogens is 2. The van der Waals surface area contributed by atoms with Crippen LogP contribution in [0.1, 0.15) is 42.6 Å². The summed E-state index contributed by atoms with van der Waals surface area (Å²) in [5, 5.41) is 0. The number of carbonyl (C=O) groups is 2. The highest BCUT2D eigenvalue weighted by Crippen LogP contribution is 2.29. The molecule has 112 valence electrons. The molecule has 3 rings (SSSR count). The van der Waals surface area contributed by atoms with Crippen LogP contribution in [0.3, 0.4) is 0 Å². The van der Waals surface area contributed by atoms with Gasteiger partial charge in [0.05, 0.1) is 18.3 Å². The first-order chi connectivity index (χ1) is 10.2. The van der Waals surface area contributed by atoms with Gasteiger partial charge < -0.3 is 9.80 Å². The summed E-state index contributed by atoms with van der Waals surface area (Å²) in [5.74, 6) is 0.122. The Bertz CT molecular complexity index is 534. The van der Waals surface area contributed by atoms with E-state index in [1.54, 1.807) is 6.20 Å². The number of amides is 2. The minimum Gasteiger partial charge on any atom is -0.341 e. The molecule has 2 saturated heterocycles. The van der Waals surface area contributed by atoms with Gasteiger partial charge in [-0.2, -0.15) is 0 Å². The van der Waals surface area contributed by atoms with E-state index in [0.717, 1.165) is 32.2 Å².